The molecule has 1 aromatic rings. The fourth-order valence-electron chi connectivity index (χ4n) is 1.82. The number of aliphatic hydroxyl groups is 1. The largest absolute Gasteiger partial charge is 0.497 e. The number of likely N-dealkylation sites (N-methyl/N-ethyl adjacent to an activating group) is 1. The molecule has 0 bridgehead atoms. The molecule has 0 saturated carbocycles. The van der Waals surface area contributed by atoms with E-state index in [2.05, 4.69) is 0 Å². The molecule has 1 atom stereocenters. The van der Waals surface area contributed by atoms with Gasteiger partial charge in [-0.2, -0.15) is 0 Å². The Labute approximate surface area is 115 Å². The highest BCUT2D eigenvalue weighted by atomic mass is 16.5. The van der Waals surface area contributed by atoms with Crippen LogP contribution in [0.2, 0.25) is 0 Å². The van der Waals surface area contributed by atoms with Crippen molar-refractivity contribution in [3.8, 4) is 5.75 Å². The van der Waals surface area contributed by atoms with Gasteiger partial charge < -0.3 is 14.7 Å². The fourth-order valence-corrected chi connectivity index (χ4v) is 1.82. The lowest BCUT2D eigenvalue weighted by atomic mass is 10.1. The summed E-state index contributed by atoms with van der Waals surface area (Å²) in [4.78, 5) is 13.4. The molecular weight excluding hydrogens is 242 g/mol. The maximum atomic E-state index is 11.8. The second kappa shape index (κ2) is 7.14. The normalized spacial score (nSPS) is 12.3. The van der Waals surface area contributed by atoms with Crippen LogP contribution in [0.3, 0.4) is 0 Å². The average Bonchev–Trinajstić information content (AvgIpc) is 2.37. The smallest absolute Gasteiger partial charge is 0.222 e. The van der Waals surface area contributed by atoms with Crippen LogP contribution < -0.4 is 4.74 Å². The highest BCUT2D eigenvalue weighted by molar-refractivity contribution is 5.76. The second-order valence-electron chi connectivity index (χ2n) is 5.16. The number of amides is 1. The first-order valence-electron chi connectivity index (χ1n) is 6.50. The van der Waals surface area contributed by atoms with Crippen molar-refractivity contribution in [3.63, 3.8) is 0 Å². The number of methoxy groups -OCH3 is 1. The van der Waals surface area contributed by atoms with Gasteiger partial charge in [0.05, 0.1) is 19.8 Å². The van der Waals surface area contributed by atoms with Gasteiger partial charge in [0.25, 0.3) is 0 Å². The van der Waals surface area contributed by atoms with Gasteiger partial charge in [-0.15, -0.1) is 0 Å². The van der Waals surface area contributed by atoms with E-state index in [0.717, 1.165) is 5.56 Å². The van der Waals surface area contributed by atoms with Gasteiger partial charge in [0.15, 0.2) is 0 Å². The molecule has 0 spiro atoms. The van der Waals surface area contributed by atoms with Crippen LogP contribution in [0.4, 0.5) is 0 Å². The quantitative estimate of drug-likeness (QED) is 0.858. The molecule has 19 heavy (non-hydrogen) atoms. The third-order valence-corrected chi connectivity index (χ3v) is 2.93. The Balaban J connectivity index is 2.62. The van der Waals surface area contributed by atoms with Crippen molar-refractivity contribution in [3.05, 3.63) is 29.8 Å². The van der Waals surface area contributed by atoms with E-state index in [1.165, 1.54) is 0 Å². The van der Waals surface area contributed by atoms with Crippen molar-refractivity contribution in [1.82, 2.24) is 4.90 Å². The zero-order valence-electron chi connectivity index (χ0n) is 12.1. The lowest BCUT2D eigenvalue weighted by Gasteiger charge is -2.22. The molecule has 0 aromatic heterocycles. The molecule has 0 fully saturated rings. The summed E-state index contributed by atoms with van der Waals surface area (Å²) in [6.45, 7) is 4.30. The molecule has 4 nitrogen and oxygen atoms in total. The van der Waals surface area contributed by atoms with E-state index < -0.39 is 6.10 Å². The monoisotopic (exact) mass is 265 g/mol. The molecule has 1 N–H and O–H groups in total. The maximum Gasteiger partial charge on any atom is 0.222 e. The van der Waals surface area contributed by atoms with Crippen LogP contribution >= 0.6 is 0 Å². The number of carbonyl (C=O) groups excluding carboxylic acids is 1. The Hall–Kier alpha value is -1.55. The first-order valence-corrected chi connectivity index (χ1v) is 6.50. The number of rotatable bonds is 6. The summed E-state index contributed by atoms with van der Waals surface area (Å²) in [5.74, 6) is 1.08. The van der Waals surface area contributed by atoms with Crippen molar-refractivity contribution in [2.24, 2.45) is 5.92 Å². The summed E-state index contributed by atoms with van der Waals surface area (Å²) in [5.41, 5.74) is 0.753. The highest BCUT2D eigenvalue weighted by Crippen LogP contribution is 2.20. The molecule has 1 rings (SSSR count). The van der Waals surface area contributed by atoms with Crippen LogP contribution in [0.15, 0.2) is 24.3 Å². The number of aliphatic hydroxyl groups excluding tert-OH is 1. The molecule has 1 amide bonds. The zero-order chi connectivity index (χ0) is 14.4. The number of benzene rings is 1. The Kier molecular flexibility index (Phi) is 5.83. The summed E-state index contributed by atoms with van der Waals surface area (Å²) < 4.78 is 5.12. The third-order valence-electron chi connectivity index (χ3n) is 2.93. The van der Waals surface area contributed by atoms with Crippen molar-refractivity contribution in [2.45, 2.75) is 26.4 Å². The molecule has 0 aliphatic rings. The van der Waals surface area contributed by atoms with Gasteiger partial charge >= 0.3 is 0 Å². The number of ether oxygens (including phenoxy) is 1. The van der Waals surface area contributed by atoms with Crippen LogP contribution in [0.25, 0.3) is 0 Å². The van der Waals surface area contributed by atoms with Gasteiger partial charge in [-0.25, -0.2) is 0 Å². The summed E-state index contributed by atoms with van der Waals surface area (Å²) in [5, 5.41) is 10.1. The first kappa shape index (κ1) is 15.5. The van der Waals surface area contributed by atoms with E-state index in [9.17, 15) is 9.90 Å². The lowest BCUT2D eigenvalue weighted by molar-refractivity contribution is -0.131. The molecule has 1 unspecified atom stereocenters. The van der Waals surface area contributed by atoms with E-state index in [-0.39, 0.29) is 5.91 Å². The van der Waals surface area contributed by atoms with Crippen LogP contribution in [0.5, 0.6) is 5.75 Å². The molecule has 1 aromatic carbocycles. The molecule has 0 aliphatic heterocycles. The van der Waals surface area contributed by atoms with E-state index >= 15 is 0 Å². The predicted octanol–water partition coefficient (Wildman–Crippen LogP) is 2.23. The Morgan fingerprint density at radius 1 is 1.42 bits per heavy atom. The average molecular weight is 265 g/mol. The minimum absolute atomic E-state index is 0.0527. The van der Waals surface area contributed by atoms with Crippen LogP contribution in [0, 0.1) is 5.92 Å². The Bertz CT molecular complexity index is 418. The predicted molar refractivity (Wildman–Crippen MR) is 75.0 cm³/mol. The Morgan fingerprint density at radius 3 is 2.68 bits per heavy atom. The number of nitrogens with zero attached hydrogens (tertiary/aromatic N) is 1. The topological polar surface area (TPSA) is 49.8 Å². The first-order chi connectivity index (χ1) is 8.93. The minimum atomic E-state index is -0.698. The Morgan fingerprint density at radius 2 is 2.11 bits per heavy atom. The number of carbonyl (C=O) groups is 1. The van der Waals surface area contributed by atoms with Gasteiger partial charge in [0.1, 0.15) is 5.75 Å². The maximum absolute atomic E-state index is 11.8. The number of hydrogen-bond donors (Lipinski definition) is 1. The third kappa shape index (κ3) is 4.91. The summed E-state index contributed by atoms with van der Waals surface area (Å²) in [6, 6.07) is 7.26. The van der Waals surface area contributed by atoms with Crippen molar-refractivity contribution < 1.29 is 14.6 Å². The van der Waals surface area contributed by atoms with E-state index in [1.54, 1.807) is 25.1 Å². The van der Waals surface area contributed by atoms with Crippen molar-refractivity contribution in [2.75, 3.05) is 20.7 Å². The SMILES string of the molecule is COc1cccc(C(O)CN(C)C(=O)CC(C)C)c1. The van der Waals surface area contributed by atoms with Gasteiger partial charge in [0, 0.05) is 13.5 Å². The summed E-state index contributed by atoms with van der Waals surface area (Å²) in [7, 11) is 3.30. The molecule has 0 aliphatic carbocycles. The van der Waals surface area contributed by atoms with E-state index in [1.807, 2.05) is 32.0 Å². The highest BCUT2D eigenvalue weighted by Gasteiger charge is 2.16. The standard InChI is InChI=1S/C15H23NO3/c1-11(2)8-15(18)16(3)10-14(17)12-6-5-7-13(9-12)19-4/h5-7,9,11,14,17H,8,10H2,1-4H3. The van der Waals surface area contributed by atoms with Crippen molar-refractivity contribution >= 4 is 5.91 Å². The molecule has 106 valence electrons. The van der Waals surface area contributed by atoms with Gasteiger partial charge in [-0.1, -0.05) is 26.0 Å². The van der Waals surface area contributed by atoms with E-state index in [4.69, 9.17) is 4.74 Å². The van der Waals surface area contributed by atoms with Crippen molar-refractivity contribution in [1.29, 1.82) is 0 Å². The number of hydrogen-bond acceptors (Lipinski definition) is 3. The second-order valence-corrected chi connectivity index (χ2v) is 5.16. The molecular formula is C15H23NO3. The van der Waals surface area contributed by atoms with Crippen LogP contribution in [-0.2, 0) is 4.79 Å². The van der Waals surface area contributed by atoms with Crippen LogP contribution in [-0.4, -0.2) is 36.6 Å². The van der Waals surface area contributed by atoms with Crippen LogP contribution in [0.1, 0.15) is 31.9 Å². The molecule has 0 heterocycles. The lowest BCUT2D eigenvalue weighted by Crippen LogP contribution is -2.31. The summed E-state index contributed by atoms with van der Waals surface area (Å²) >= 11 is 0. The van der Waals surface area contributed by atoms with Gasteiger partial charge in [-0.3, -0.25) is 4.79 Å². The minimum Gasteiger partial charge on any atom is -0.497 e. The van der Waals surface area contributed by atoms with Gasteiger partial charge in [0.2, 0.25) is 5.91 Å². The summed E-state index contributed by atoms with van der Waals surface area (Å²) in [6.07, 6.45) is -0.197. The van der Waals surface area contributed by atoms with E-state index in [0.29, 0.717) is 24.6 Å². The molecule has 4 heteroatoms. The molecule has 0 saturated heterocycles. The van der Waals surface area contributed by atoms with Gasteiger partial charge in [-0.05, 0) is 23.6 Å². The fraction of sp³-hybridized carbons (Fsp3) is 0.533. The molecule has 0 radical (unpaired) electrons. The zero-order valence-corrected chi connectivity index (χ0v) is 12.1.